The van der Waals surface area contributed by atoms with E-state index in [2.05, 4.69) is 21.2 Å². The van der Waals surface area contributed by atoms with Gasteiger partial charge in [-0.3, -0.25) is 4.79 Å². The second-order valence-corrected chi connectivity index (χ2v) is 8.50. The van der Waals surface area contributed by atoms with Gasteiger partial charge in [-0.05, 0) is 37.6 Å². The number of urea groups is 1. The average Bonchev–Trinajstić information content (AvgIpc) is 3.22. The molecule has 0 unspecified atom stereocenters. The predicted octanol–water partition coefficient (Wildman–Crippen LogP) is 2.91. The number of aryl methyl sites for hydroxylation is 1. The number of nitrogens with one attached hydrogen (secondary N) is 3. The number of carbonyl (C=O) groups excluding carboxylic acids is 3. The van der Waals surface area contributed by atoms with Gasteiger partial charge in [-0.2, -0.15) is 5.10 Å². The Morgan fingerprint density at radius 3 is 2.74 bits per heavy atom. The number of carbonyl (C=O) groups is 3. The molecule has 2 aromatic carbocycles. The number of benzene rings is 2. The molecule has 4 rings (SSSR count). The number of nitrogens with zero attached hydrogens (tertiary/aromatic N) is 2. The van der Waals surface area contributed by atoms with E-state index in [-0.39, 0.29) is 18.8 Å². The molecule has 0 radical (unpaired) electrons. The summed E-state index contributed by atoms with van der Waals surface area (Å²) < 4.78 is 18.2. The lowest BCUT2D eigenvalue weighted by Crippen LogP contribution is -2.45. The van der Waals surface area contributed by atoms with Gasteiger partial charge in [0, 0.05) is 35.4 Å². The van der Waals surface area contributed by atoms with Gasteiger partial charge in [-0.15, -0.1) is 0 Å². The van der Waals surface area contributed by atoms with Crippen LogP contribution in [-0.2, 0) is 21.4 Å². The Kier molecular flexibility index (Phi) is 7.95. The molecule has 1 atom stereocenters. The van der Waals surface area contributed by atoms with Crippen LogP contribution in [0.3, 0.4) is 0 Å². The third kappa shape index (κ3) is 5.61. The van der Waals surface area contributed by atoms with E-state index in [0.717, 1.165) is 16.5 Å². The van der Waals surface area contributed by atoms with Crippen molar-refractivity contribution in [1.82, 2.24) is 20.6 Å². The number of methoxy groups -OCH3 is 1. The van der Waals surface area contributed by atoms with Crippen LogP contribution in [-0.4, -0.2) is 49.0 Å². The number of ether oxygens (including phenoxy) is 3. The number of fused-ring (bicyclic) bond motifs is 1. The lowest BCUT2D eigenvalue weighted by atomic mass is 9.95. The SMILES string of the molecule is CCOC(=O)C1=C(C)NC(=O)N[C@@H]1c1ccc(OCC(=O)N/N=C\c2cn(C)c3ccccc23)c(OC)c1. The summed E-state index contributed by atoms with van der Waals surface area (Å²) in [5, 5.41) is 10.4. The summed E-state index contributed by atoms with van der Waals surface area (Å²) in [6.45, 7) is 3.23. The van der Waals surface area contributed by atoms with Crippen molar-refractivity contribution in [3.63, 3.8) is 0 Å². The molecule has 2 heterocycles. The Morgan fingerprint density at radius 1 is 1.18 bits per heavy atom. The van der Waals surface area contributed by atoms with Gasteiger partial charge in [-0.25, -0.2) is 15.0 Å². The van der Waals surface area contributed by atoms with E-state index >= 15 is 0 Å². The van der Waals surface area contributed by atoms with Crippen LogP contribution < -0.4 is 25.5 Å². The molecule has 3 aromatic rings. The van der Waals surface area contributed by atoms with Gasteiger partial charge in [-0.1, -0.05) is 24.3 Å². The lowest BCUT2D eigenvalue weighted by molar-refractivity contribution is -0.139. The van der Waals surface area contributed by atoms with Crippen LogP contribution in [0.1, 0.15) is 31.0 Å². The highest BCUT2D eigenvalue weighted by Crippen LogP contribution is 2.34. The number of amides is 3. The first-order valence-corrected chi connectivity index (χ1v) is 11.9. The van der Waals surface area contributed by atoms with E-state index in [9.17, 15) is 14.4 Å². The molecule has 3 N–H and O–H groups in total. The summed E-state index contributed by atoms with van der Waals surface area (Å²) in [7, 11) is 3.40. The zero-order valence-electron chi connectivity index (χ0n) is 21.5. The van der Waals surface area contributed by atoms with E-state index in [1.807, 2.05) is 42.1 Å². The van der Waals surface area contributed by atoms with Crippen LogP contribution in [0.25, 0.3) is 10.9 Å². The normalized spacial score (nSPS) is 15.3. The van der Waals surface area contributed by atoms with Crippen molar-refractivity contribution in [2.45, 2.75) is 19.9 Å². The van der Waals surface area contributed by atoms with Crippen molar-refractivity contribution < 1.29 is 28.6 Å². The summed E-state index contributed by atoms with van der Waals surface area (Å²) >= 11 is 0. The van der Waals surface area contributed by atoms with Crippen molar-refractivity contribution in [1.29, 1.82) is 0 Å². The number of aromatic nitrogens is 1. The van der Waals surface area contributed by atoms with Gasteiger partial charge in [0.05, 0.1) is 31.5 Å². The molecular weight excluding hydrogens is 490 g/mol. The van der Waals surface area contributed by atoms with Gasteiger partial charge in [0.25, 0.3) is 5.91 Å². The summed E-state index contributed by atoms with van der Waals surface area (Å²) in [6, 6.07) is 11.6. The molecule has 38 heavy (non-hydrogen) atoms. The molecule has 0 saturated heterocycles. The number of allylic oxidation sites excluding steroid dienone is 1. The fourth-order valence-corrected chi connectivity index (χ4v) is 4.23. The smallest absolute Gasteiger partial charge is 0.338 e. The van der Waals surface area contributed by atoms with Gasteiger partial charge >= 0.3 is 12.0 Å². The molecular formula is C27H29N5O6. The molecule has 0 spiro atoms. The fourth-order valence-electron chi connectivity index (χ4n) is 4.23. The number of esters is 1. The van der Waals surface area contributed by atoms with Crippen LogP contribution in [0.5, 0.6) is 11.5 Å². The van der Waals surface area contributed by atoms with Gasteiger partial charge in [0.15, 0.2) is 18.1 Å². The molecule has 1 aliphatic heterocycles. The fraction of sp³-hybridized carbons (Fsp3) is 0.259. The first-order valence-electron chi connectivity index (χ1n) is 11.9. The van der Waals surface area contributed by atoms with Crippen molar-refractivity contribution >= 4 is 35.0 Å². The molecule has 0 fully saturated rings. The zero-order valence-corrected chi connectivity index (χ0v) is 21.5. The van der Waals surface area contributed by atoms with Crippen molar-refractivity contribution in [2.75, 3.05) is 20.3 Å². The highest BCUT2D eigenvalue weighted by Gasteiger charge is 2.32. The zero-order chi connectivity index (χ0) is 27.2. The van der Waals surface area contributed by atoms with Gasteiger partial charge in [0.2, 0.25) is 0 Å². The number of hydrogen-bond donors (Lipinski definition) is 3. The summed E-state index contributed by atoms with van der Waals surface area (Å²) in [4.78, 5) is 37.0. The standard InChI is InChI=1S/C27H29N5O6/c1-5-37-26(34)24-16(2)29-27(35)30-25(24)17-10-11-21(22(12-17)36-4)38-15-23(33)31-28-13-18-14-32(3)20-9-7-6-8-19(18)20/h6-14,25H,5,15H2,1-4H3,(H,31,33)(H2,29,30,35)/b28-13-/t25-/m1/s1. The Labute approximate surface area is 219 Å². The largest absolute Gasteiger partial charge is 0.493 e. The summed E-state index contributed by atoms with van der Waals surface area (Å²) in [5.41, 5.74) is 5.65. The second-order valence-electron chi connectivity index (χ2n) is 8.50. The van der Waals surface area contributed by atoms with E-state index in [1.165, 1.54) is 7.11 Å². The molecule has 11 nitrogen and oxygen atoms in total. The molecule has 1 aromatic heterocycles. The van der Waals surface area contributed by atoms with E-state index in [1.54, 1.807) is 38.3 Å². The van der Waals surface area contributed by atoms with E-state index < -0.39 is 23.9 Å². The molecule has 0 saturated carbocycles. The molecule has 3 amide bonds. The van der Waals surface area contributed by atoms with Crippen LogP contribution in [0.15, 0.2) is 65.0 Å². The Balaban J connectivity index is 1.43. The second kappa shape index (κ2) is 11.5. The van der Waals surface area contributed by atoms with Crippen molar-refractivity contribution in [3.8, 4) is 11.5 Å². The van der Waals surface area contributed by atoms with Crippen molar-refractivity contribution in [2.24, 2.45) is 12.1 Å². The minimum atomic E-state index is -0.752. The molecule has 198 valence electrons. The third-order valence-electron chi connectivity index (χ3n) is 5.96. The first kappa shape index (κ1) is 26.3. The maximum atomic E-state index is 12.6. The number of rotatable bonds is 9. The van der Waals surface area contributed by atoms with Gasteiger partial charge in [0.1, 0.15) is 0 Å². The monoisotopic (exact) mass is 519 g/mol. The third-order valence-corrected chi connectivity index (χ3v) is 5.96. The van der Waals surface area contributed by atoms with E-state index in [0.29, 0.717) is 22.8 Å². The molecule has 0 bridgehead atoms. The maximum Gasteiger partial charge on any atom is 0.338 e. The number of hydrazone groups is 1. The van der Waals surface area contributed by atoms with Crippen molar-refractivity contribution in [3.05, 3.63) is 71.1 Å². The predicted molar refractivity (Wildman–Crippen MR) is 141 cm³/mol. The lowest BCUT2D eigenvalue weighted by Gasteiger charge is -2.28. The average molecular weight is 520 g/mol. The maximum absolute atomic E-state index is 12.6. The van der Waals surface area contributed by atoms with Crippen LogP contribution >= 0.6 is 0 Å². The van der Waals surface area contributed by atoms with E-state index in [4.69, 9.17) is 14.2 Å². The minimum absolute atomic E-state index is 0.195. The summed E-state index contributed by atoms with van der Waals surface area (Å²) in [5.74, 6) is -0.366. The Hall–Kier alpha value is -4.80. The number of para-hydroxylation sites is 1. The minimum Gasteiger partial charge on any atom is -0.493 e. The highest BCUT2D eigenvalue weighted by molar-refractivity contribution is 5.99. The Bertz CT molecular complexity index is 1440. The van der Waals surface area contributed by atoms with Crippen LogP contribution in [0.2, 0.25) is 0 Å². The quantitative estimate of drug-likeness (QED) is 0.226. The van der Waals surface area contributed by atoms with Crippen LogP contribution in [0.4, 0.5) is 4.79 Å². The Morgan fingerprint density at radius 2 is 1.97 bits per heavy atom. The summed E-state index contributed by atoms with van der Waals surface area (Å²) in [6.07, 6.45) is 3.51. The molecule has 0 aliphatic carbocycles. The topological polar surface area (TPSA) is 132 Å². The molecule has 11 heteroatoms. The van der Waals surface area contributed by atoms with Crippen LogP contribution in [0, 0.1) is 0 Å². The highest BCUT2D eigenvalue weighted by atomic mass is 16.5. The number of hydrogen-bond acceptors (Lipinski definition) is 7. The first-order chi connectivity index (χ1) is 18.3. The molecule has 1 aliphatic rings. The van der Waals surface area contributed by atoms with Gasteiger partial charge < -0.3 is 29.4 Å².